The number of nitrogens with zero attached hydrogens (tertiary/aromatic N) is 2. The van der Waals surface area contributed by atoms with Gasteiger partial charge >= 0.3 is 0 Å². The highest BCUT2D eigenvalue weighted by Crippen LogP contribution is 2.68. The van der Waals surface area contributed by atoms with E-state index in [1.165, 1.54) is 43.8 Å². The minimum Gasteiger partial charge on any atom is -0.456 e. The Balaban J connectivity index is 0.986. The van der Waals surface area contributed by atoms with E-state index in [1.54, 1.807) is 0 Å². The van der Waals surface area contributed by atoms with Crippen LogP contribution >= 0.6 is 0 Å². The summed E-state index contributed by atoms with van der Waals surface area (Å²) in [4.78, 5) is 4.94. The lowest BCUT2D eigenvalue weighted by Crippen LogP contribution is -2.37. The molecular weight excluding hydrogens is 1190 g/mol. The Labute approximate surface area is 555 Å². The number of hydrogen-bond acceptors (Lipinski definition) is 6. The standard InChI is InChI=1S/C87H74N2O4Si2/c1-85(2,3)51-35-39-53(40-36-51)88(55-43-45-59-61-27-21-33-75(94(7,8)9)81(61)92-73(59)47-55)69-49-67-79(83-77(69)63-25-15-19-31-71(63)90-83)80-68(87(67)65-29-17-13-23-57(65)58-24-14-18-30-66(58)87)50-70(78-64-26-16-20-32-72(64)91-84(78)80)89(54-41-37-52(38-42-54)86(4,5)6)56-44-46-60-62-28-22-34-76(95(10,11)12)82(62)93-74(60)48-56/h13-50H,1-12H3. The summed E-state index contributed by atoms with van der Waals surface area (Å²) in [6, 6.07) is 86.0. The molecule has 0 fully saturated rings. The molecule has 0 unspecified atom stereocenters. The van der Waals surface area contributed by atoms with E-state index in [2.05, 4.69) is 321 Å². The largest absolute Gasteiger partial charge is 0.456 e. The van der Waals surface area contributed by atoms with Gasteiger partial charge < -0.3 is 27.5 Å². The van der Waals surface area contributed by atoms with Crippen LogP contribution in [-0.2, 0) is 16.2 Å². The maximum atomic E-state index is 7.68. The fourth-order valence-corrected chi connectivity index (χ4v) is 19.2. The van der Waals surface area contributed by atoms with Crippen LogP contribution in [0.2, 0.25) is 39.3 Å². The van der Waals surface area contributed by atoms with Gasteiger partial charge in [0.05, 0.1) is 43.7 Å². The number of para-hydroxylation sites is 4. The van der Waals surface area contributed by atoms with Crippen molar-refractivity contribution in [2.24, 2.45) is 0 Å². The molecule has 16 aromatic rings. The van der Waals surface area contributed by atoms with E-state index in [-0.39, 0.29) is 10.8 Å². The Morgan fingerprint density at radius 2 is 0.663 bits per heavy atom. The molecule has 0 saturated carbocycles. The molecule has 0 aliphatic heterocycles. The van der Waals surface area contributed by atoms with Gasteiger partial charge in [-0.25, -0.2) is 0 Å². The first-order chi connectivity index (χ1) is 45.6. The Bertz CT molecular complexity index is 5540. The monoisotopic (exact) mass is 1270 g/mol. The Morgan fingerprint density at radius 1 is 0.305 bits per heavy atom. The van der Waals surface area contributed by atoms with E-state index in [1.807, 2.05) is 0 Å². The van der Waals surface area contributed by atoms with Crippen LogP contribution in [0.5, 0.6) is 0 Å². The second-order valence-corrected chi connectivity index (χ2v) is 40.9. The molecule has 12 aromatic carbocycles. The number of fused-ring (bicyclic) bond motifs is 24. The molecule has 8 heteroatoms. The molecule has 0 radical (unpaired) electrons. The molecular formula is C87H74N2O4Si2. The molecule has 18 rings (SSSR count). The predicted molar refractivity (Wildman–Crippen MR) is 405 cm³/mol. The second-order valence-electron chi connectivity index (χ2n) is 30.8. The van der Waals surface area contributed by atoms with Gasteiger partial charge in [0, 0.05) is 78.3 Å². The third-order valence-corrected chi connectivity index (χ3v) is 24.9. The summed E-state index contributed by atoms with van der Waals surface area (Å²) in [5.74, 6) is 0. The first-order valence-electron chi connectivity index (χ1n) is 33.5. The maximum absolute atomic E-state index is 7.68. The summed E-state index contributed by atoms with van der Waals surface area (Å²) < 4.78 is 29.7. The van der Waals surface area contributed by atoms with Crippen LogP contribution in [0.15, 0.2) is 248 Å². The van der Waals surface area contributed by atoms with Crippen LogP contribution in [0.3, 0.4) is 0 Å². The van der Waals surface area contributed by atoms with Crippen LogP contribution in [-0.4, -0.2) is 16.1 Å². The topological polar surface area (TPSA) is 59.0 Å². The summed E-state index contributed by atoms with van der Waals surface area (Å²) in [6.45, 7) is 28.1. The van der Waals surface area contributed by atoms with Gasteiger partial charge in [0.1, 0.15) is 44.7 Å². The van der Waals surface area contributed by atoms with E-state index in [4.69, 9.17) is 17.7 Å². The smallest absolute Gasteiger partial charge is 0.145 e. The number of benzene rings is 12. The lowest BCUT2D eigenvalue weighted by molar-refractivity contribution is 0.590. The average Bonchev–Trinajstić information content (AvgIpc) is 1.49. The van der Waals surface area contributed by atoms with E-state index >= 15 is 0 Å². The van der Waals surface area contributed by atoms with Gasteiger partial charge in [-0.1, -0.05) is 226 Å². The highest BCUT2D eigenvalue weighted by molar-refractivity contribution is 6.90. The number of furan rings is 4. The molecule has 2 aliphatic carbocycles. The normalized spacial score (nSPS) is 13.8. The Hall–Kier alpha value is -10.1. The predicted octanol–water partition coefficient (Wildman–Crippen LogP) is 24.3. The maximum Gasteiger partial charge on any atom is 0.145 e. The van der Waals surface area contributed by atoms with Gasteiger partial charge in [-0.2, -0.15) is 0 Å². The Morgan fingerprint density at radius 3 is 1.06 bits per heavy atom. The van der Waals surface area contributed by atoms with Crippen molar-refractivity contribution in [1.29, 1.82) is 0 Å². The van der Waals surface area contributed by atoms with Gasteiger partial charge in [-0.15, -0.1) is 0 Å². The number of rotatable bonds is 8. The van der Waals surface area contributed by atoms with Gasteiger partial charge in [0.15, 0.2) is 0 Å². The second kappa shape index (κ2) is 20.0. The van der Waals surface area contributed by atoms with Gasteiger partial charge in [0.25, 0.3) is 0 Å². The average molecular weight is 1270 g/mol. The minimum atomic E-state index is -1.81. The summed E-state index contributed by atoms with van der Waals surface area (Å²) in [5, 5.41) is 11.2. The van der Waals surface area contributed by atoms with Gasteiger partial charge in [-0.3, -0.25) is 0 Å². The van der Waals surface area contributed by atoms with Crippen molar-refractivity contribution in [3.05, 3.63) is 264 Å². The zero-order chi connectivity index (χ0) is 65.0. The highest BCUT2D eigenvalue weighted by atomic mass is 28.3. The van der Waals surface area contributed by atoms with E-state index in [0.29, 0.717) is 0 Å². The van der Waals surface area contributed by atoms with Crippen LogP contribution in [0.4, 0.5) is 34.1 Å². The quantitative estimate of drug-likeness (QED) is 0.141. The van der Waals surface area contributed by atoms with Crippen molar-refractivity contribution in [3.63, 3.8) is 0 Å². The van der Waals surface area contributed by atoms with E-state index in [9.17, 15) is 0 Å². The summed E-state index contributed by atoms with van der Waals surface area (Å²) in [7, 11) is -3.61. The Kier molecular flexibility index (Phi) is 12.1. The number of hydrogen-bond donors (Lipinski definition) is 0. The van der Waals surface area contributed by atoms with Gasteiger partial charge in [-0.05, 0) is 139 Å². The fourth-order valence-electron chi connectivity index (χ4n) is 16.3. The van der Waals surface area contributed by atoms with Crippen molar-refractivity contribution < 1.29 is 17.7 Å². The zero-order valence-electron chi connectivity index (χ0n) is 56.0. The lowest BCUT2D eigenvalue weighted by Gasteiger charge is -2.34. The highest BCUT2D eigenvalue weighted by Gasteiger charge is 2.55. The third-order valence-electron chi connectivity index (χ3n) is 20.8. The molecule has 0 amide bonds. The van der Waals surface area contributed by atoms with Crippen molar-refractivity contribution in [2.75, 3.05) is 9.80 Å². The van der Waals surface area contributed by atoms with E-state index in [0.717, 1.165) is 144 Å². The van der Waals surface area contributed by atoms with Crippen LogP contribution < -0.4 is 20.2 Å². The fraction of sp³-hybridized carbons (Fsp3) is 0.172. The molecule has 4 heterocycles. The van der Waals surface area contributed by atoms with Crippen LogP contribution in [0.1, 0.15) is 74.9 Å². The molecule has 2 aliphatic rings. The molecule has 0 atom stereocenters. The van der Waals surface area contributed by atoms with Crippen molar-refractivity contribution in [3.8, 4) is 22.3 Å². The van der Waals surface area contributed by atoms with E-state index < -0.39 is 21.6 Å². The molecule has 4 aromatic heterocycles. The lowest BCUT2D eigenvalue weighted by atomic mass is 9.70. The first kappa shape index (κ1) is 57.5. The van der Waals surface area contributed by atoms with Crippen LogP contribution in [0, 0.1) is 0 Å². The summed E-state index contributed by atoms with van der Waals surface area (Å²) in [6.07, 6.45) is 0. The molecule has 6 nitrogen and oxygen atoms in total. The third kappa shape index (κ3) is 8.33. The number of anilines is 6. The van der Waals surface area contributed by atoms with Crippen molar-refractivity contribution in [2.45, 2.75) is 97.1 Å². The summed E-state index contributed by atoms with van der Waals surface area (Å²) >= 11 is 0. The minimum absolute atomic E-state index is 0.0719. The molecule has 95 heavy (non-hydrogen) atoms. The summed E-state index contributed by atoms with van der Waals surface area (Å²) in [5.41, 5.74) is 23.4. The molecule has 0 bridgehead atoms. The van der Waals surface area contributed by atoms with Crippen molar-refractivity contribution in [1.82, 2.24) is 0 Å². The SMILES string of the molecule is CC(C)(C)c1ccc(N(c2ccc3c(c2)oc2c([Si](C)(C)C)cccc23)c2cc3c(c4oc5ccccc5c24)-c2c(cc(N(c4ccc(C(C)(C)C)cc4)c4ccc5c(c4)oc4c([Si](C)(C)C)cccc45)c4c2oc2ccccc24)C32c3ccccc3-c3ccccc32)cc1. The van der Waals surface area contributed by atoms with Crippen LogP contribution in [0.25, 0.3) is 110 Å². The first-order valence-corrected chi connectivity index (χ1v) is 40.5. The molecule has 1 spiro atoms. The van der Waals surface area contributed by atoms with Crippen molar-refractivity contribution >= 4 is 148 Å². The molecule has 464 valence electrons. The molecule has 0 saturated heterocycles. The zero-order valence-corrected chi connectivity index (χ0v) is 58.0. The van der Waals surface area contributed by atoms with Gasteiger partial charge in [0.2, 0.25) is 0 Å². The molecule has 0 N–H and O–H groups in total.